The second kappa shape index (κ2) is 9.84. The maximum Gasteiger partial charge on any atom is 0.0877 e. The summed E-state index contributed by atoms with van der Waals surface area (Å²) in [6, 6.07) is 0. The molecular formula is C14H20N2. The zero-order valence-corrected chi connectivity index (χ0v) is 10.4. The molecule has 0 N–H and O–H groups in total. The van der Waals surface area contributed by atoms with Crippen LogP contribution in [0.5, 0.6) is 0 Å². The van der Waals surface area contributed by atoms with Crippen molar-refractivity contribution in [3.63, 3.8) is 0 Å². The molecule has 0 unspecified atom stereocenters. The Morgan fingerprint density at radius 1 is 1.25 bits per heavy atom. The average molecular weight is 216 g/mol. The van der Waals surface area contributed by atoms with Gasteiger partial charge in [0.2, 0.25) is 0 Å². The fourth-order valence-electron chi connectivity index (χ4n) is 1.07. The molecule has 0 amide bonds. The van der Waals surface area contributed by atoms with Gasteiger partial charge in [-0.1, -0.05) is 30.9 Å². The minimum absolute atomic E-state index is 0.739. The lowest BCUT2D eigenvalue weighted by atomic mass is 10.2. The van der Waals surface area contributed by atoms with E-state index < -0.39 is 0 Å². The molecule has 0 fully saturated rings. The lowest BCUT2D eigenvalue weighted by molar-refractivity contribution is 1.13. The molecule has 0 aliphatic heterocycles. The maximum absolute atomic E-state index is 4.40. The van der Waals surface area contributed by atoms with E-state index in [1.54, 1.807) is 12.3 Å². The summed E-state index contributed by atoms with van der Waals surface area (Å²) in [6.07, 6.45) is 13.1. The minimum atomic E-state index is 0.739. The van der Waals surface area contributed by atoms with Crippen LogP contribution in [0.4, 0.5) is 0 Å². The van der Waals surface area contributed by atoms with E-state index in [-0.39, 0.29) is 0 Å². The quantitative estimate of drug-likeness (QED) is 0.477. The largest absolute Gasteiger partial charge is 0.283 e. The van der Waals surface area contributed by atoms with Gasteiger partial charge in [0.25, 0.3) is 0 Å². The molecule has 0 saturated carbocycles. The van der Waals surface area contributed by atoms with Gasteiger partial charge in [0.15, 0.2) is 0 Å². The SMILES string of the molecule is C=C/C=C\C(=NCC)/C(=C/C=C\C)N=CC. The fourth-order valence-corrected chi connectivity index (χ4v) is 1.07. The lowest BCUT2D eigenvalue weighted by Crippen LogP contribution is -1.98. The van der Waals surface area contributed by atoms with Crippen LogP contribution in [0.3, 0.4) is 0 Å². The Morgan fingerprint density at radius 3 is 2.50 bits per heavy atom. The number of hydrogen-bond donors (Lipinski definition) is 0. The predicted molar refractivity (Wildman–Crippen MR) is 74.4 cm³/mol. The molecule has 0 spiro atoms. The number of aliphatic imine (C=N–C) groups is 2. The highest BCUT2D eigenvalue weighted by molar-refractivity contribution is 6.09. The summed E-state index contributed by atoms with van der Waals surface area (Å²) in [5.74, 6) is 0. The highest BCUT2D eigenvalue weighted by Gasteiger charge is 1.99. The van der Waals surface area contributed by atoms with E-state index in [1.807, 2.05) is 51.2 Å². The van der Waals surface area contributed by atoms with Crippen molar-refractivity contribution in [2.45, 2.75) is 20.8 Å². The standard InChI is InChI=1S/C14H20N2/c1-5-9-11-13(15-7-3)14(16-8-4)12-10-6-2/h5-6,8-12H,1,7H2,2-4H3/b10-6-,11-9-,14-12-,15-13?,16-8?. The van der Waals surface area contributed by atoms with Crippen molar-refractivity contribution in [2.24, 2.45) is 9.98 Å². The molecule has 0 heterocycles. The molecule has 0 bridgehead atoms. The van der Waals surface area contributed by atoms with Gasteiger partial charge in [0.1, 0.15) is 0 Å². The Labute approximate surface area is 98.5 Å². The molecule has 86 valence electrons. The fraction of sp³-hybridized carbons (Fsp3) is 0.286. The first-order chi connectivity index (χ1) is 7.79. The highest BCUT2D eigenvalue weighted by Crippen LogP contribution is 2.03. The van der Waals surface area contributed by atoms with Gasteiger partial charge >= 0.3 is 0 Å². The van der Waals surface area contributed by atoms with Crippen molar-refractivity contribution in [1.29, 1.82) is 0 Å². The summed E-state index contributed by atoms with van der Waals surface area (Å²) in [5, 5.41) is 0. The Hall–Kier alpha value is -1.70. The number of rotatable bonds is 6. The van der Waals surface area contributed by atoms with Gasteiger partial charge < -0.3 is 0 Å². The summed E-state index contributed by atoms with van der Waals surface area (Å²) < 4.78 is 0. The van der Waals surface area contributed by atoms with Crippen LogP contribution in [0.2, 0.25) is 0 Å². The summed E-state index contributed by atoms with van der Waals surface area (Å²) in [4.78, 5) is 8.70. The lowest BCUT2D eigenvalue weighted by Gasteiger charge is -2.00. The molecule has 0 aromatic carbocycles. The first kappa shape index (κ1) is 14.3. The number of hydrogen-bond acceptors (Lipinski definition) is 2. The molecule has 2 heteroatoms. The van der Waals surface area contributed by atoms with Crippen LogP contribution in [0, 0.1) is 0 Å². The zero-order chi connectivity index (χ0) is 12.2. The van der Waals surface area contributed by atoms with Crippen LogP contribution < -0.4 is 0 Å². The molecule has 0 rings (SSSR count). The molecule has 16 heavy (non-hydrogen) atoms. The van der Waals surface area contributed by atoms with Crippen molar-refractivity contribution < 1.29 is 0 Å². The third kappa shape index (κ3) is 5.91. The summed E-state index contributed by atoms with van der Waals surface area (Å²) >= 11 is 0. The van der Waals surface area contributed by atoms with Crippen LogP contribution in [0.15, 0.2) is 58.7 Å². The molecule has 0 aliphatic carbocycles. The summed E-state index contributed by atoms with van der Waals surface area (Å²) in [6.45, 7) is 10.3. The van der Waals surface area contributed by atoms with Gasteiger partial charge in [0, 0.05) is 12.8 Å². The first-order valence-electron chi connectivity index (χ1n) is 5.45. The third-order valence-electron chi connectivity index (χ3n) is 1.70. The molecule has 0 saturated heterocycles. The second-order valence-corrected chi connectivity index (χ2v) is 2.92. The molecular weight excluding hydrogens is 196 g/mol. The third-order valence-corrected chi connectivity index (χ3v) is 1.70. The Bertz CT molecular complexity index is 342. The van der Waals surface area contributed by atoms with Crippen molar-refractivity contribution >= 4 is 11.9 Å². The van der Waals surface area contributed by atoms with E-state index >= 15 is 0 Å². The van der Waals surface area contributed by atoms with E-state index in [4.69, 9.17) is 0 Å². The van der Waals surface area contributed by atoms with E-state index in [2.05, 4.69) is 16.6 Å². The second-order valence-electron chi connectivity index (χ2n) is 2.92. The highest BCUT2D eigenvalue weighted by atomic mass is 14.8. The van der Waals surface area contributed by atoms with E-state index in [0.29, 0.717) is 0 Å². The van der Waals surface area contributed by atoms with E-state index in [9.17, 15) is 0 Å². The van der Waals surface area contributed by atoms with Crippen LogP contribution in [0.1, 0.15) is 20.8 Å². The molecule has 0 radical (unpaired) electrons. The average Bonchev–Trinajstić information content (AvgIpc) is 2.30. The van der Waals surface area contributed by atoms with Crippen LogP contribution in [-0.4, -0.2) is 18.5 Å². The monoisotopic (exact) mass is 216 g/mol. The summed E-state index contributed by atoms with van der Waals surface area (Å²) in [5.41, 5.74) is 1.74. The molecule has 0 aliphatic rings. The Balaban J connectivity index is 5.17. The normalized spacial score (nSPS) is 14.4. The van der Waals surface area contributed by atoms with Gasteiger partial charge in [-0.05, 0) is 32.9 Å². The smallest absolute Gasteiger partial charge is 0.0877 e. The maximum atomic E-state index is 4.40. The first-order valence-corrected chi connectivity index (χ1v) is 5.45. The molecule has 0 atom stereocenters. The Kier molecular flexibility index (Phi) is 8.79. The minimum Gasteiger partial charge on any atom is -0.283 e. The summed E-state index contributed by atoms with van der Waals surface area (Å²) in [7, 11) is 0. The van der Waals surface area contributed by atoms with Gasteiger partial charge in [-0.15, -0.1) is 0 Å². The number of nitrogens with zero attached hydrogens (tertiary/aromatic N) is 2. The van der Waals surface area contributed by atoms with Crippen LogP contribution >= 0.6 is 0 Å². The van der Waals surface area contributed by atoms with Crippen molar-refractivity contribution in [2.75, 3.05) is 6.54 Å². The van der Waals surface area contributed by atoms with Crippen molar-refractivity contribution in [3.8, 4) is 0 Å². The van der Waals surface area contributed by atoms with E-state index in [0.717, 1.165) is 18.0 Å². The van der Waals surface area contributed by atoms with Gasteiger partial charge in [0.05, 0.1) is 11.4 Å². The van der Waals surface area contributed by atoms with Gasteiger partial charge in [-0.25, -0.2) is 0 Å². The molecule has 0 aromatic rings. The molecule has 0 aromatic heterocycles. The topological polar surface area (TPSA) is 24.7 Å². The van der Waals surface area contributed by atoms with Crippen LogP contribution in [-0.2, 0) is 0 Å². The molecule has 2 nitrogen and oxygen atoms in total. The van der Waals surface area contributed by atoms with Crippen molar-refractivity contribution in [1.82, 2.24) is 0 Å². The van der Waals surface area contributed by atoms with Crippen molar-refractivity contribution in [3.05, 3.63) is 48.7 Å². The van der Waals surface area contributed by atoms with Crippen LogP contribution in [0.25, 0.3) is 0 Å². The van der Waals surface area contributed by atoms with Gasteiger partial charge in [-0.3, -0.25) is 9.98 Å². The predicted octanol–water partition coefficient (Wildman–Crippen LogP) is 3.74. The van der Waals surface area contributed by atoms with E-state index in [1.165, 1.54) is 0 Å². The Morgan fingerprint density at radius 2 is 2.00 bits per heavy atom. The zero-order valence-electron chi connectivity index (χ0n) is 10.4. The number of allylic oxidation sites excluding steroid dienone is 6. The van der Waals surface area contributed by atoms with Gasteiger partial charge in [-0.2, -0.15) is 0 Å².